The van der Waals surface area contributed by atoms with Gasteiger partial charge in [0.15, 0.2) is 0 Å². The second-order valence-corrected chi connectivity index (χ2v) is 7.13. The molecule has 0 bridgehead atoms. The Kier molecular flexibility index (Phi) is 5.89. The number of hydrogen-bond acceptors (Lipinski definition) is 3. The number of benzene rings is 1. The van der Waals surface area contributed by atoms with Gasteiger partial charge in [-0.15, -0.1) is 0 Å². The first-order valence-electron chi connectivity index (χ1n) is 9.30. The van der Waals surface area contributed by atoms with Gasteiger partial charge in [-0.2, -0.15) is 0 Å². The van der Waals surface area contributed by atoms with Gasteiger partial charge in [0, 0.05) is 25.3 Å². The molecule has 0 unspecified atom stereocenters. The summed E-state index contributed by atoms with van der Waals surface area (Å²) in [4.78, 5) is 29.4. The molecule has 1 saturated heterocycles. The van der Waals surface area contributed by atoms with Crippen LogP contribution in [0.2, 0.25) is 0 Å². The predicted molar refractivity (Wildman–Crippen MR) is 104 cm³/mol. The Balaban J connectivity index is 1.52. The molecule has 26 heavy (non-hydrogen) atoms. The largest absolute Gasteiger partial charge is 0.351 e. The molecule has 1 atom stereocenters. The lowest BCUT2D eigenvalue weighted by Crippen LogP contribution is -2.41. The molecule has 0 saturated carbocycles. The summed E-state index contributed by atoms with van der Waals surface area (Å²) in [5.74, 6) is 0.259. The summed E-state index contributed by atoms with van der Waals surface area (Å²) in [6.45, 7) is 7.15. The van der Waals surface area contributed by atoms with Crippen LogP contribution in [0.1, 0.15) is 45.9 Å². The van der Waals surface area contributed by atoms with Crippen molar-refractivity contribution in [3.63, 3.8) is 0 Å². The summed E-state index contributed by atoms with van der Waals surface area (Å²) in [6.07, 6.45) is 2.38. The maximum atomic E-state index is 12.3. The van der Waals surface area contributed by atoms with Crippen LogP contribution in [-0.2, 0) is 0 Å². The first kappa shape index (κ1) is 18.4. The molecule has 0 spiro atoms. The van der Waals surface area contributed by atoms with E-state index in [4.69, 9.17) is 0 Å². The van der Waals surface area contributed by atoms with E-state index in [9.17, 15) is 9.59 Å². The number of aryl methyl sites for hydroxylation is 2. The van der Waals surface area contributed by atoms with Gasteiger partial charge in [-0.05, 0) is 56.3 Å². The van der Waals surface area contributed by atoms with Gasteiger partial charge in [-0.25, -0.2) is 0 Å². The van der Waals surface area contributed by atoms with Gasteiger partial charge in [0.1, 0.15) is 5.56 Å². The minimum atomic E-state index is -0.326. The molecule has 1 fully saturated rings. The number of carbonyl (C=O) groups is 1. The highest BCUT2D eigenvalue weighted by Crippen LogP contribution is 2.26. The Morgan fingerprint density at radius 1 is 1.27 bits per heavy atom. The normalized spacial score (nSPS) is 17.8. The van der Waals surface area contributed by atoms with Crippen molar-refractivity contribution in [2.75, 3.05) is 26.2 Å². The van der Waals surface area contributed by atoms with E-state index in [2.05, 4.69) is 39.5 Å². The molecule has 2 N–H and O–H groups in total. The summed E-state index contributed by atoms with van der Waals surface area (Å²) in [6, 6.07) is 12.3. The van der Waals surface area contributed by atoms with Crippen molar-refractivity contribution in [1.29, 1.82) is 0 Å². The minimum Gasteiger partial charge on any atom is -0.351 e. The molecule has 1 aliphatic rings. The van der Waals surface area contributed by atoms with Crippen LogP contribution in [-0.4, -0.2) is 42.0 Å². The second-order valence-electron chi connectivity index (χ2n) is 7.13. The third-order valence-electron chi connectivity index (χ3n) is 5.23. The minimum absolute atomic E-state index is 0.189. The first-order valence-corrected chi connectivity index (χ1v) is 9.30. The van der Waals surface area contributed by atoms with E-state index in [1.807, 2.05) is 19.9 Å². The number of aromatic amines is 1. The van der Waals surface area contributed by atoms with E-state index in [1.54, 1.807) is 6.07 Å². The molecule has 1 aliphatic heterocycles. The van der Waals surface area contributed by atoms with E-state index in [1.165, 1.54) is 18.4 Å². The van der Waals surface area contributed by atoms with Crippen LogP contribution in [0.4, 0.5) is 0 Å². The van der Waals surface area contributed by atoms with Crippen molar-refractivity contribution in [1.82, 2.24) is 15.2 Å². The van der Waals surface area contributed by atoms with Crippen molar-refractivity contribution in [3.05, 3.63) is 69.1 Å². The lowest BCUT2D eigenvalue weighted by Gasteiger charge is -2.33. The van der Waals surface area contributed by atoms with Crippen molar-refractivity contribution >= 4 is 5.91 Å². The molecule has 138 valence electrons. The standard InChI is InChI=1S/C21H27N3O2/c1-15-13-19(21(26)23-16(15)2)20(25)22-10-12-24-11-6-9-18(14-24)17-7-4-3-5-8-17/h3-5,7-8,13,18H,6,9-12,14H2,1-2H3,(H,22,25)(H,23,26)/t18-/m0/s1. The average molecular weight is 353 g/mol. The van der Waals surface area contributed by atoms with Gasteiger partial charge in [0.25, 0.3) is 11.5 Å². The lowest BCUT2D eigenvalue weighted by molar-refractivity contribution is 0.0944. The van der Waals surface area contributed by atoms with Crippen molar-refractivity contribution in [2.45, 2.75) is 32.6 Å². The Morgan fingerprint density at radius 3 is 2.81 bits per heavy atom. The molecule has 0 aliphatic carbocycles. The smallest absolute Gasteiger partial charge is 0.261 e. The molecule has 5 heteroatoms. The van der Waals surface area contributed by atoms with Crippen LogP contribution in [0.5, 0.6) is 0 Å². The zero-order chi connectivity index (χ0) is 18.5. The lowest BCUT2D eigenvalue weighted by atomic mass is 9.91. The van der Waals surface area contributed by atoms with Crippen LogP contribution in [0.15, 0.2) is 41.2 Å². The molecule has 5 nitrogen and oxygen atoms in total. The number of likely N-dealkylation sites (tertiary alicyclic amines) is 1. The quantitative estimate of drug-likeness (QED) is 0.868. The van der Waals surface area contributed by atoms with Gasteiger partial charge < -0.3 is 15.2 Å². The van der Waals surface area contributed by atoms with E-state index in [0.29, 0.717) is 12.5 Å². The van der Waals surface area contributed by atoms with Crippen LogP contribution < -0.4 is 10.9 Å². The molecule has 1 amide bonds. The number of nitrogens with zero attached hydrogens (tertiary/aromatic N) is 1. The van der Waals surface area contributed by atoms with Crippen LogP contribution in [0.25, 0.3) is 0 Å². The highest BCUT2D eigenvalue weighted by molar-refractivity contribution is 5.94. The van der Waals surface area contributed by atoms with Crippen LogP contribution >= 0.6 is 0 Å². The van der Waals surface area contributed by atoms with Crippen molar-refractivity contribution < 1.29 is 4.79 Å². The van der Waals surface area contributed by atoms with Crippen LogP contribution in [0, 0.1) is 13.8 Å². The zero-order valence-corrected chi connectivity index (χ0v) is 15.5. The van der Waals surface area contributed by atoms with Gasteiger partial charge in [0.05, 0.1) is 0 Å². The van der Waals surface area contributed by atoms with Gasteiger partial charge in [0.2, 0.25) is 0 Å². The number of piperidine rings is 1. The fourth-order valence-electron chi connectivity index (χ4n) is 3.57. The molecule has 1 aromatic carbocycles. The summed E-state index contributed by atoms with van der Waals surface area (Å²) >= 11 is 0. The Morgan fingerprint density at radius 2 is 2.04 bits per heavy atom. The third-order valence-corrected chi connectivity index (χ3v) is 5.23. The summed E-state index contributed by atoms with van der Waals surface area (Å²) in [7, 11) is 0. The van der Waals surface area contributed by atoms with Gasteiger partial charge in [-0.1, -0.05) is 30.3 Å². The zero-order valence-electron chi connectivity index (χ0n) is 15.5. The number of amides is 1. The topological polar surface area (TPSA) is 65.2 Å². The first-order chi connectivity index (χ1) is 12.5. The number of H-pyrrole nitrogens is 1. The second kappa shape index (κ2) is 8.32. The Hall–Kier alpha value is -2.40. The van der Waals surface area contributed by atoms with Crippen molar-refractivity contribution in [3.8, 4) is 0 Å². The fourth-order valence-corrected chi connectivity index (χ4v) is 3.57. The van der Waals surface area contributed by atoms with Gasteiger partial charge in [-0.3, -0.25) is 9.59 Å². The maximum absolute atomic E-state index is 12.3. The molecule has 0 radical (unpaired) electrons. The molecule has 2 aromatic rings. The predicted octanol–water partition coefficient (Wildman–Crippen LogP) is 2.60. The number of nitrogens with one attached hydrogen (secondary N) is 2. The molecule has 3 rings (SSSR count). The molecular weight excluding hydrogens is 326 g/mol. The highest BCUT2D eigenvalue weighted by Gasteiger charge is 2.21. The SMILES string of the molecule is Cc1cc(C(=O)NCCN2CCC[C@H](c3ccccc3)C2)c(=O)[nH]c1C. The Labute approximate surface area is 154 Å². The molecule has 2 heterocycles. The highest BCUT2D eigenvalue weighted by atomic mass is 16.2. The Bertz CT molecular complexity index is 814. The van der Waals surface area contributed by atoms with Crippen LogP contribution in [0.3, 0.4) is 0 Å². The number of aromatic nitrogens is 1. The monoisotopic (exact) mass is 353 g/mol. The van der Waals surface area contributed by atoms with E-state index < -0.39 is 0 Å². The van der Waals surface area contributed by atoms with E-state index in [-0.39, 0.29) is 17.0 Å². The van der Waals surface area contributed by atoms with Crippen molar-refractivity contribution in [2.24, 2.45) is 0 Å². The number of carbonyl (C=O) groups excluding carboxylic acids is 1. The maximum Gasteiger partial charge on any atom is 0.261 e. The third kappa shape index (κ3) is 4.41. The summed E-state index contributed by atoms with van der Waals surface area (Å²) < 4.78 is 0. The average Bonchev–Trinajstić information content (AvgIpc) is 2.65. The fraction of sp³-hybridized carbons (Fsp3) is 0.429. The van der Waals surface area contributed by atoms with E-state index >= 15 is 0 Å². The van der Waals surface area contributed by atoms with Gasteiger partial charge >= 0.3 is 0 Å². The molecule has 1 aromatic heterocycles. The van der Waals surface area contributed by atoms with E-state index in [0.717, 1.165) is 30.9 Å². The molecular formula is C21H27N3O2. The number of pyridine rings is 1. The summed E-state index contributed by atoms with van der Waals surface area (Å²) in [5, 5.41) is 2.89. The number of hydrogen-bond donors (Lipinski definition) is 2. The number of rotatable bonds is 5. The summed E-state index contributed by atoms with van der Waals surface area (Å²) in [5.41, 5.74) is 2.97.